The maximum atomic E-state index is 12.2. The molecule has 1 aliphatic rings. The molecule has 0 aliphatic carbocycles. The first-order valence-corrected chi connectivity index (χ1v) is 6.19. The van der Waals surface area contributed by atoms with Gasteiger partial charge in [0.25, 0.3) is 0 Å². The maximum Gasteiger partial charge on any atom is 0.330 e. The Kier molecular flexibility index (Phi) is 3.46. The number of nitrogens with one attached hydrogen (secondary N) is 2. The van der Waals surface area contributed by atoms with Gasteiger partial charge < -0.3 is 15.4 Å². The van der Waals surface area contributed by atoms with Crippen molar-refractivity contribution in [2.75, 3.05) is 12.4 Å². The van der Waals surface area contributed by atoms with Crippen LogP contribution in [-0.4, -0.2) is 30.6 Å². The number of rotatable bonds is 3. The first-order chi connectivity index (χ1) is 8.94. The van der Waals surface area contributed by atoms with E-state index in [-0.39, 0.29) is 11.9 Å². The van der Waals surface area contributed by atoms with Crippen LogP contribution in [0, 0.1) is 0 Å². The fourth-order valence-electron chi connectivity index (χ4n) is 2.16. The molecule has 1 aliphatic heterocycles. The number of esters is 1. The fourth-order valence-corrected chi connectivity index (χ4v) is 2.16. The highest BCUT2D eigenvalue weighted by atomic mass is 16.5. The quantitative estimate of drug-likeness (QED) is 0.800. The van der Waals surface area contributed by atoms with Gasteiger partial charge in [-0.05, 0) is 25.5 Å². The highest BCUT2D eigenvalue weighted by Crippen LogP contribution is 2.25. The molecule has 5 nitrogen and oxygen atoms in total. The molecule has 0 bridgehead atoms. The van der Waals surface area contributed by atoms with Crippen molar-refractivity contribution >= 4 is 17.6 Å². The second-order valence-electron chi connectivity index (χ2n) is 5.16. The smallest absolute Gasteiger partial charge is 0.330 e. The van der Waals surface area contributed by atoms with Crippen molar-refractivity contribution in [1.82, 2.24) is 5.32 Å². The number of hydrogen-bond donors (Lipinski definition) is 2. The highest BCUT2D eigenvalue weighted by Gasteiger charge is 2.34. The molecule has 1 heterocycles. The molecule has 0 aromatic heterocycles. The molecule has 2 rings (SSSR count). The van der Waals surface area contributed by atoms with Crippen LogP contribution in [0.3, 0.4) is 0 Å². The Morgan fingerprint density at radius 2 is 2.05 bits per heavy atom. The first-order valence-electron chi connectivity index (χ1n) is 6.19. The van der Waals surface area contributed by atoms with E-state index in [0.29, 0.717) is 6.42 Å². The number of amides is 1. The maximum absolute atomic E-state index is 12.2. The first kappa shape index (κ1) is 13.4. The van der Waals surface area contributed by atoms with Crippen LogP contribution >= 0.6 is 0 Å². The Morgan fingerprint density at radius 1 is 1.37 bits per heavy atom. The molecule has 19 heavy (non-hydrogen) atoms. The van der Waals surface area contributed by atoms with Gasteiger partial charge in [0.05, 0.1) is 7.11 Å². The molecule has 0 saturated heterocycles. The minimum Gasteiger partial charge on any atom is -0.467 e. The molecule has 0 fully saturated rings. The van der Waals surface area contributed by atoms with E-state index in [1.807, 2.05) is 24.3 Å². The van der Waals surface area contributed by atoms with Gasteiger partial charge in [0.1, 0.15) is 11.6 Å². The molecule has 1 amide bonds. The number of hydrogen-bond acceptors (Lipinski definition) is 4. The summed E-state index contributed by atoms with van der Waals surface area (Å²) in [5, 5.41) is 5.86. The van der Waals surface area contributed by atoms with Crippen LogP contribution in [-0.2, 0) is 20.7 Å². The molecule has 102 valence electrons. The van der Waals surface area contributed by atoms with Crippen LogP contribution < -0.4 is 10.6 Å². The van der Waals surface area contributed by atoms with Crippen LogP contribution in [0.2, 0.25) is 0 Å². The largest absolute Gasteiger partial charge is 0.467 e. The van der Waals surface area contributed by atoms with Crippen molar-refractivity contribution in [2.24, 2.45) is 0 Å². The van der Waals surface area contributed by atoms with Crippen LogP contribution in [0.1, 0.15) is 19.4 Å². The SMILES string of the molecule is COC(=O)C(C)(C)NC(=O)[C@@H]1Cc2ccccc2N1. The normalized spacial score (nSPS) is 17.3. The third-order valence-electron chi connectivity index (χ3n) is 3.22. The number of ether oxygens (including phenoxy) is 1. The highest BCUT2D eigenvalue weighted by molar-refractivity contribution is 5.92. The van der Waals surface area contributed by atoms with Gasteiger partial charge in [-0.1, -0.05) is 18.2 Å². The van der Waals surface area contributed by atoms with Crippen molar-refractivity contribution in [3.05, 3.63) is 29.8 Å². The summed E-state index contributed by atoms with van der Waals surface area (Å²) in [5.74, 6) is -0.664. The molecule has 0 saturated carbocycles. The topological polar surface area (TPSA) is 67.4 Å². The van der Waals surface area contributed by atoms with Gasteiger partial charge in [-0.15, -0.1) is 0 Å². The fraction of sp³-hybridized carbons (Fsp3) is 0.429. The molecule has 1 atom stereocenters. The number of methoxy groups -OCH3 is 1. The van der Waals surface area contributed by atoms with Crippen LogP contribution in [0.5, 0.6) is 0 Å². The second-order valence-corrected chi connectivity index (χ2v) is 5.16. The molecular weight excluding hydrogens is 244 g/mol. The predicted molar refractivity (Wildman–Crippen MR) is 71.8 cm³/mol. The van der Waals surface area contributed by atoms with Gasteiger partial charge in [-0.2, -0.15) is 0 Å². The standard InChI is InChI=1S/C14H18N2O3/c1-14(2,13(18)19-3)16-12(17)11-8-9-6-4-5-7-10(9)15-11/h4-7,11,15H,8H2,1-3H3,(H,16,17)/t11-/m0/s1. The van der Waals surface area contributed by atoms with E-state index in [2.05, 4.69) is 15.4 Å². The number of carbonyl (C=O) groups is 2. The number of carbonyl (C=O) groups excluding carboxylic acids is 2. The molecule has 2 N–H and O–H groups in total. The van der Waals surface area contributed by atoms with E-state index >= 15 is 0 Å². The lowest BCUT2D eigenvalue weighted by Crippen LogP contribution is -2.54. The summed E-state index contributed by atoms with van der Waals surface area (Å²) in [6.07, 6.45) is 0.624. The van der Waals surface area contributed by atoms with Crippen molar-refractivity contribution in [3.8, 4) is 0 Å². The van der Waals surface area contributed by atoms with Crippen LogP contribution in [0.15, 0.2) is 24.3 Å². The predicted octanol–water partition coefficient (Wildman–Crippen LogP) is 1.09. The third kappa shape index (κ3) is 2.70. The number of benzene rings is 1. The number of para-hydroxylation sites is 1. The minimum atomic E-state index is -1.03. The zero-order valence-corrected chi connectivity index (χ0v) is 11.3. The van der Waals surface area contributed by atoms with E-state index in [1.54, 1.807) is 13.8 Å². The van der Waals surface area contributed by atoms with Crippen molar-refractivity contribution < 1.29 is 14.3 Å². The van der Waals surface area contributed by atoms with E-state index in [9.17, 15) is 9.59 Å². The van der Waals surface area contributed by atoms with Crippen LogP contribution in [0.4, 0.5) is 5.69 Å². The van der Waals surface area contributed by atoms with Gasteiger partial charge in [0.2, 0.25) is 5.91 Å². The summed E-state index contributed by atoms with van der Waals surface area (Å²) in [5.41, 5.74) is 1.06. The number of anilines is 1. The Bertz CT molecular complexity index is 486. The van der Waals surface area contributed by atoms with Crippen LogP contribution in [0.25, 0.3) is 0 Å². The molecule has 0 unspecified atom stereocenters. The molecular formula is C14H18N2O3. The van der Waals surface area contributed by atoms with E-state index < -0.39 is 11.5 Å². The molecule has 1 aromatic carbocycles. The van der Waals surface area contributed by atoms with Gasteiger partial charge >= 0.3 is 5.97 Å². The van der Waals surface area contributed by atoms with E-state index in [4.69, 9.17) is 0 Å². The van der Waals surface area contributed by atoms with E-state index in [0.717, 1.165) is 11.3 Å². The van der Waals surface area contributed by atoms with Crippen molar-refractivity contribution in [3.63, 3.8) is 0 Å². The van der Waals surface area contributed by atoms with Crippen molar-refractivity contribution in [2.45, 2.75) is 31.8 Å². The van der Waals surface area contributed by atoms with E-state index in [1.165, 1.54) is 7.11 Å². The summed E-state index contributed by atoms with van der Waals surface area (Å²) in [4.78, 5) is 23.7. The Morgan fingerprint density at radius 3 is 2.68 bits per heavy atom. The minimum absolute atomic E-state index is 0.202. The zero-order valence-electron chi connectivity index (χ0n) is 11.3. The summed E-state index contributed by atoms with van der Waals surface area (Å²) in [6, 6.07) is 7.44. The Balaban J connectivity index is 2.02. The summed E-state index contributed by atoms with van der Waals surface area (Å²) >= 11 is 0. The van der Waals surface area contributed by atoms with Gasteiger partial charge in [-0.3, -0.25) is 4.79 Å². The van der Waals surface area contributed by atoms with Gasteiger partial charge in [-0.25, -0.2) is 4.79 Å². The average Bonchev–Trinajstić information content (AvgIpc) is 2.81. The lowest BCUT2D eigenvalue weighted by Gasteiger charge is -2.25. The Hall–Kier alpha value is -2.04. The monoisotopic (exact) mass is 262 g/mol. The second kappa shape index (κ2) is 4.91. The Labute approximate surface area is 112 Å². The molecule has 1 aromatic rings. The molecule has 0 spiro atoms. The summed E-state index contributed by atoms with van der Waals surface area (Å²) in [7, 11) is 1.31. The zero-order chi connectivity index (χ0) is 14.0. The number of fused-ring (bicyclic) bond motifs is 1. The lowest BCUT2D eigenvalue weighted by atomic mass is 10.0. The summed E-state index contributed by atoms with van der Waals surface area (Å²) in [6.45, 7) is 3.25. The van der Waals surface area contributed by atoms with Gasteiger partial charge in [0.15, 0.2) is 0 Å². The average molecular weight is 262 g/mol. The van der Waals surface area contributed by atoms with Crippen molar-refractivity contribution in [1.29, 1.82) is 0 Å². The summed E-state index contributed by atoms with van der Waals surface area (Å²) < 4.78 is 4.67. The third-order valence-corrected chi connectivity index (χ3v) is 3.22. The van der Waals surface area contributed by atoms with Gasteiger partial charge in [0, 0.05) is 12.1 Å². The lowest BCUT2D eigenvalue weighted by molar-refractivity contribution is -0.149. The molecule has 5 heteroatoms. The molecule has 0 radical (unpaired) electrons.